The molecule has 2 aromatic rings. The van der Waals surface area contributed by atoms with Gasteiger partial charge < -0.3 is 4.98 Å². The first kappa shape index (κ1) is 8.30. The van der Waals surface area contributed by atoms with Gasteiger partial charge in [-0.15, -0.1) is 0 Å². The second kappa shape index (κ2) is 3.21. The van der Waals surface area contributed by atoms with Gasteiger partial charge in [-0.25, -0.2) is 4.98 Å². The lowest BCUT2D eigenvalue weighted by molar-refractivity contribution is 0.649. The molecule has 0 aliphatic carbocycles. The molecule has 0 aliphatic rings. The maximum absolute atomic E-state index is 4.19. The molecule has 1 radical (unpaired) electrons. The molecule has 2 nitrogen and oxygen atoms in total. The van der Waals surface area contributed by atoms with E-state index in [4.69, 9.17) is 0 Å². The fourth-order valence-electron chi connectivity index (χ4n) is 1.57. The molecular weight excluding hydrogens is 160 g/mol. The number of aromatic nitrogens is 2. The Morgan fingerprint density at radius 1 is 1.46 bits per heavy atom. The van der Waals surface area contributed by atoms with Crippen molar-refractivity contribution in [1.29, 1.82) is 0 Å². The highest BCUT2D eigenvalue weighted by Crippen LogP contribution is 2.17. The van der Waals surface area contributed by atoms with E-state index in [2.05, 4.69) is 42.3 Å². The van der Waals surface area contributed by atoms with Crippen LogP contribution in [0.1, 0.15) is 19.4 Å². The molecular formula is C11H13N2. The molecule has 67 valence electrons. The first-order chi connectivity index (χ1) is 6.27. The number of rotatable bonds is 2. The van der Waals surface area contributed by atoms with Gasteiger partial charge in [0.25, 0.3) is 0 Å². The summed E-state index contributed by atoms with van der Waals surface area (Å²) in [5, 5.41) is 0. The summed E-state index contributed by atoms with van der Waals surface area (Å²) in [7, 11) is 0. The highest BCUT2D eigenvalue weighted by atomic mass is 14.9. The summed E-state index contributed by atoms with van der Waals surface area (Å²) < 4.78 is 0. The van der Waals surface area contributed by atoms with Crippen LogP contribution in [-0.4, -0.2) is 9.97 Å². The average molecular weight is 173 g/mol. The monoisotopic (exact) mass is 173 g/mol. The van der Waals surface area contributed by atoms with Crippen molar-refractivity contribution in [2.45, 2.75) is 20.3 Å². The van der Waals surface area contributed by atoms with Crippen molar-refractivity contribution >= 4 is 11.0 Å². The van der Waals surface area contributed by atoms with Crippen LogP contribution in [0.2, 0.25) is 0 Å². The van der Waals surface area contributed by atoms with Gasteiger partial charge in [0.15, 0.2) is 6.33 Å². The molecule has 0 bridgehead atoms. The van der Waals surface area contributed by atoms with Crippen LogP contribution in [0.5, 0.6) is 0 Å². The maximum Gasteiger partial charge on any atom is 0.174 e. The number of nitrogens with zero attached hydrogens (tertiary/aromatic N) is 1. The highest BCUT2D eigenvalue weighted by Gasteiger charge is 2.04. The molecule has 1 N–H and O–H groups in total. The molecule has 1 aromatic heterocycles. The Bertz CT molecular complexity index is 401. The molecule has 2 heteroatoms. The van der Waals surface area contributed by atoms with Crippen LogP contribution in [0.4, 0.5) is 0 Å². The maximum atomic E-state index is 4.19. The summed E-state index contributed by atoms with van der Waals surface area (Å²) in [6, 6.07) is 6.23. The SMILES string of the molecule is CC(C)Cc1cccc2[nH][c]nc12. The van der Waals surface area contributed by atoms with Gasteiger partial charge in [0.2, 0.25) is 0 Å². The normalized spacial score (nSPS) is 11.3. The van der Waals surface area contributed by atoms with Crippen molar-refractivity contribution in [2.75, 3.05) is 0 Å². The topological polar surface area (TPSA) is 28.7 Å². The second-order valence-electron chi connectivity index (χ2n) is 3.76. The fraction of sp³-hybridized carbons (Fsp3) is 0.364. The number of aromatic amines is 1. The van der Waals surface area contributed by atoms with Crippen LogP contribution in [0.3, 0.4) is 0 Å². The van der Waals surface area contributed by atoms with E-state index in [0.29, 0.717) is 5.92 Å². The van der Waals surface area contributed by atoms with Crippen LogP contribution in [0.15, 0.2) is 18.2 Å². The zero-order chi connectivity index (χ0) is 9.26. The van der Waals surface area contributed by atoms with E-state index in [9.17, 15) is 0 Å². The zero-order valence-electron chi connectivity index (χ0n) is 7.96. The molecule has 0 spiro atoms. The van der Waals surface area contributed by atoms with Crippen LogP contribution in [0.25, 0.3) is 11.0 Å². The standard InChI is InChI=1S/C11H13N2/c1-8(2)6-9-4-3-5-10-11(9)13-7-12-10/h3-5,8H,6H2,1-2H3,(H,12,13). The molecule has 0 unspecified atom stereocenters. The quantitative estimate of drug-likeness (QED) is 0.742. The average Bonchev–Trinajstić information content (AvgIpc) is 2.51. The van der Waals surface area contributed by atoms with Crippen molar-refractivity contribution in [1.82, 2.24) is 9.97 Å². The van der Waals surface area contributed by atoms with E-state index >= 15 is 0 Å². The summed E-state index contributed by atoms with van der Waals surface area (Å²) in [5.41, 5.74) is 3.46. The summed E-state index contributed by atoms with van der Waals surface area (Å²) >= 11 is 0. The predicted octanol–water partition coefficient (Wildman–Crippen LogP) is 2.56. The predicted molar refractivity (Wildman–Crippen MR) is 53.5 cm³/mol. The Kier molecular flexibility index (Phi) is 2.05. The van der Waals surface area contributed by atoms with Gasteiger partial charge in [0, 0.05) is 0 Å². The van der Waals surface area contributed by atoms with Crippen molar-refractivity contribution in [3.05, 3.63) is 30.1 Å². The molecule has 0 fully saturated rings. The lowest BCUT2D eigenvalue weighted by Gasteiger charge is -2.04. The summed E-state index contributed by atoms with van der Waals surface area (Å²) in [4.78, 5) is 7.19. The lowest BCUT2D eigenvalue weighted by Crippen LogP contribution is -1.94. The van der Waals surface area contributed by atoms with Gasteiger partial charge in [-0.2, -0.15) is 0 Å². The molecule has 0 saturated carbocycles. The number of nitrogens with one attached hydrogen (secondary N) is 1. The number of benzene rings is 1. The molecule has 0 aliphatic heterocycles. The molecule has 2 rings (SSSR count). The molecule has 0 atom stereocenters. The van der Waals surface area contributed by atoms with E-state index in [1.165, 1.54) is 5.56 Å². The Morgan fingerprint density at radius 2 is 2.31 bits per heavy atom. The van der Waals surface area contributed by atoms with E-state index in [1.807, 2.05) is 6.07 Å². The third-order valence-electron chi connectivity index (χ3n) is 2.11. The van der Waals surface area contributed by atoms with Crippen molar-refractivity contribution < 1.29 is 0 Å². The first-order valence-electron chi connectivity index (χ1n) is 4.61. The third-order valence-corrected chi connectivity index (χ3v) is 2.11. The number of hydrogen-bond acceptors (Lipinski definition) is 1. The minimum absolute atomic E-state index is 0.669. The molecule has 13 heavy (non-hydrogen) atoms. The van der Waals surface area contributed by atoms with E-state index in [1.54, 1.807) is 0 Å². The summed E-state index contributed by atoms with van der Waals surface area (Å²) in [6.45, 7) is 4.43. The van der Waals surface area contributed by atoms with Gasteiger partial charge in [-0.3, -0.25) is 0 Å². The van der Waals surface area contributed by atoms with Gasteiger partial charge in [-0.1, -0.05) is 26.0 Å². The largest absolute Gasteiger partial charge is 0.335 e. The van der Waals surface area contributed by atoms with Gasteiger partial charge in [0.05, 0.1) is 11.0 Å². The minimum atomic E-state index is 0.669. The number of fused-ring (bicyclic) bond motifs is 1. The van der Waals surface area contributed by atoms with E-state index < -0.39 is 0 Å². The van der Waals surface area contributed by atoms with Crippen LogP contribution < -0.4 is 0 Å². The summed E-state index contributed by atoms with van der Waals surface area (Å²) in [5.74, 6) is 0.669. The zero-order valence-corrected chi connectivity index (χ0v) is 7.96. The minimum Gasteiger partial charge on any atom is -0.335 e. The number of H-pyrrole nitrogens is 1. The van der Waals surface area contributed by atoms with Gasteiger partial charge in [-0.05, 0) is 24.0 Å². The summed E-state index contributed by atoms with van der Waals surface area (Å²) in [6.07, 6.45) is 3.86. The fourth-order valence-corrected chi connectivity index (χ4v) is 1.57. The highest BCUT2D eigenvalue weighted by molar-refractivity contribution is 5.77. The van der Waals surface area contributed by atoms with Crippen LogP contribution in [-0.2, 0) is 6.42 Å². The number of imidazole rings is 1. The van der Waals surface area contributed by atoms with Crippen molar-refractivity contribution in [3.63, 3.8) is 0 Å². The lowest BCUT2D eigenvalue weighted by atomic mass is 10.0. The molecule has 1 aromatic carbocycles. The number of para-hydroxylation sites is 1. The van der Waals surface area contributed by atoms with Gasteiger partial charge in [0.1, 0.15) is 0 Å². The Balaban J connectivity index is 2.48. The number of hydrogen-bond donors (Lipinski definition) is 1. The van der Waals surface area contributed by atoms with Crippen LogP contribution in [0, 0.1) is 12.2 Å². The third kappa shape index (κ3) is 1.57. The van der Waals surface area contributed by atoms with Crippen LogP contribution >= 0.6 is 0 Å². The Labute approximate surface area is 78.0 Å². The van der Waals surface area contributed by atoms with Gasteiger partial charge >= 0.3 is 0 Å². The first-order valence-corrected chi connectivity index (χ1v) is 4.61. The van der Waals surface area contributed by atoms with E-state index in [0.717, 1.165) is 17.5 Å². The smallest absolute Gasteiger partial charge is 0.174 e. The molecule has 0 amide bonds. The van der Waals surface area contributed by atoms with Crippen molar-refractivity contribution in [3.8, 4) is 0 Å². The second-order valence-corrected chi connectivity index (χ2v) is 3.76. The Morgan fingerprint density at radius 3 is 3.08 bits per heavy atom. The molecule has 1 heterocycles. The molecule has 0 saturated heterocycles. The Hall–Kier alpha value is -1.31. The van der Waals surface area contributed by atoms with E-state index in [-0.39, 0.29) is 0 Å². The van der Waals surface area contributed by atoms with Crippen molar-refractivity contribution in [2.24, 2.45) is 5.92 Å².